The molecule has 4 heteroatoms. The number of benzene rings is 1. The average Bonchev–Trinajstić information content (AvgIpc) is 2.28. The lowest BCUT2D eigenvalue weighted by atomic mass is 9.90. The normalized spacial score (nSPS) is 13.9. The molecule has 0 heterocycles. The summed E-state index contributed by atoms with van der Waals surface area (Å²) in [5.41, 5.74) is 6.60. The quantitative estimate of drug-likeness (QED) is 0.842. The molecule has 0 aliphatic carbocycles. The van der Waals surface area contributed by atoms with Gasteiger partial charge in [-0.05, 0) is 36.4 Å². The van der Waals surface area contributed by atoms with E-state index in [0.717, 1.165) is 5.56 Å². The summed E-state index contributed by atoms with van der Waals surface area (Å²) >= 11 is 0. The van der Waals surface area contributed by atoms with Gasteiger partial charge in [-0.15, -0.1) is 0 Å². The molecule has 0 saturated heterocycles. The summed E-state index contributed by atoms with van der Waals surface area (Å²) in [5.74, 6) is -1.17. The standard InChI is InChI=1S/C14H20F3N/c1-10(2)11-5-3-6-12(9-11)13(7-4-8-18)14(15,16)17/h3,5-6,9-10,13H,4,7-8,18H2,1-2H3. The average molecular weight is 259 g/mol. The molecule has 102 valence electrons. The van der Waals surface area contributed by atoms with E-state index in [4.69, 9.17) is 5.73 Å². The van der Waals surface area contributed by atoms with E-state index in [0.29, 0.717) is 12.0 Å². The highest BCUT2D eigenvalue weighted by atomic mass is 19.4. The van der Waals surface area contributed by atoms with Crippen molar-refractivity contribution in [1.82, 2.24) is 0 Å². The third-order valence-corrected chi connectivity index (χ3v) is 3.07. The second-order valence-corrected chi connectivity index (χ2v) is 4.85. The van der Waals surface area contributed by atoms with Gasteiger partial charge in [0.05, 0.1) is 5.92 Å². The summed E-state index contributed by atoms with van der Waals surface area (Å²) in [5, 5.41) is 0. The first-order valence-corrected chi connectivity index (χ1v) is 6.23. The zero-order valence-electron chi connectivity index (χ0n) is 10.8. The van der Waals surface area contributed by atoms with E-state index in [1.54, 1.807) is 18.2 Å². The summed E-state index contributed by atoms with van der Waals surface area (Å²) in [6.45, 7) is 4.24. The van der Waals surface area contributed by atoms with Crippen LogP contribution in [0.25, 0.3) is 0 Å². The fourth-order valence-corrected chi connectivity index (χ4v) is 1.98. The van der Waals surface area contributed by atoms with Crippen LogP contribution in [0.4, 0.5) is 13.2 Å². The molecule has 1 nitrogen and oxygen atoms in total. The molecule has 0 radical (unpaired) electrons. The zero-order valence-corrected chi connectivity index (χ0v) is 10.8. The maximum atomic E-state index is 13.0. The monoisotopic (exact) mass is 259 g/mol. The van der Waals surface area contributed by atoms with Crippen LogP contribution in [-0.2, 0) is 0 Å². The smallest absolute Gasteiger partial charge is 0.330 e. The van der Waals surface area contributed by atoms with Crippen molar-refractivity contribution in [1.29, 1.82) is 0 Å². The van der Waals surface area contributed by atoms with Gasteiger partial charge in [0.2, 0.25) is 0 Å². The number of alkyl halides is 3. The van der Waals surface area contributed by atoms with Crippen LogP contribution in [0.1, 0.15) is 49.7 Å². The summed E-state index contributed by atoms with van der Waals surface area (Å²) in [4.78, 5) is 0. The molecule has 1 aromatic carbocycles. The van der Waals surface area contributed by atoms with Gasteiger partial charge in [-0.2, -0.15) is 13.2 Å². The van der Waals surface area contributed by atoms with Crippen LogP contribution in [0, 0.1) is 0 Å². The van der Waals surface area contributed by atoms with Gasteiger partial charge < -0.3 is 5.73 Å². The number of halogens is 3. The second-order valence-electron chi connectivity index (χ2n) is 4.85. The summed E-state index contributed by atoms with van der Waals surface area (Å²) in [6.07, 6.45) is -3.76. The molecule has 0 spiro atoms. The molecule has 0 saturated carbocycles. The Balaban J connectivity index is 3.01. The van der Waals surface area contributed by atoms with Crippen molar-refractivity contribution in [3.63, 3.8) is 0 Å². The molecule has 0 aromatic heterocycles. The third kappa shape index (κ3) is 4.02. The predicted molar refractivity (Wildman–Crippen MR) is 67.6 cm³/mol. The minimum Gasteiger partial charge on any atom is -0.330 e. The molecule has 0 aliphatic heterocycles. The van der Waals surface area contributed by atoms with Crippen molar-refractivity contribution >= 4 is 0 Å². The van der Waals surface area contributed by atoms with E-state index < -0.39 is 12.1 Å². The topological polar surface area (TPSA) is 26.0 Å². The summed E-state index contributed by atoms with van der Waals surface area (Å²) in [6, 6.07) is 6.79. The molecular formula is C14H20F3N. The molecule has 18 heavy (non-hydrogen) atoms. The lowest BCUT2D eigenvalue weighted by molar-refractivity contribution is -0.152. The van der Waals surface area contributed by atoms with Gasteiger partial charge in [-0.1, -0.05) is 38.1 Å². The van der Waals surface area contributed by atoms with Gasteiger partial charge in [-0.25, -0.2) is 0 Å². The van der Waals surface area contributed by atoms with Crippen LogP contribution in [0.3, 0.4) is 0 Å². The first-order valence-electron chi connectivity index (χ1n) is 6.23. The first kappa shape index (κ1) is 15.0. The van der Waals surface area contributed by atoms with Crippen LogP contribution in [0.5, 0.6) is 0 Å². The van der Waals surface area contributed by atoms with Crippen LogP contribution in [-0.4, -0.2) is 12.7 Å². The maximum absolute atomic E-state index is 13.0. The number of nitrogens with two attached hydrogens (primary N) is 1. The van der Waals surface area contributed by atoms with Crippen molar-refractivity contribution in [2.24, 2.45) is 5.73 Å². The highest BCUT2D eigenvalue weighted by Gasteiger charge is 2.40. The van der Waals surface area contributed by atoms with Gasteiger partial charge >= 0.3 is 6.18 Å². The van der Waals surface area contributed by atoms with E-state index >= 15 is 0 Å². The molecule has 2 N–H and O–H groups in total. The number of hydrogen-bond acceptors (Lipinski definition) is 1. The largest absolute Gasteiger partial charge is 0.395 e. The van der Waals surface area contributed by atoms with E-state index in [1.807, 2.05) is 19.9 Å². The van der Waals surface area contributed by atoms with E-state index in [-0.39, 0.29) is 18.9 Å². The van der Waals surface area contributed by atoms with Gasteiger partial charge in [-0.3, -0.25) is 0 Å². The fourth-order valence-electron chi connectivity index (χ4n) is 1.98. The number of hydrogen-bond donors (Lipinski definition) is 1. The van der Waals surface area contributed by atoms with Crippen molar-refractivity contribution in [3.05, 3.63) is 35.4 Å². The summed E-state index contributed by atoms with van der Waals surface area (Å²) in [7, 11) is 0. The highest BCUT2D eigenvalue weighted by Crippen LogP contribution is 2.38. The molecule has 1 unspecified atom stereocenters. The van der Waals surface area contributed by atoms with E-state index in [9.17, 15) is 13.2 Å². The Kier molecular flexibility index (Phi) is 5.20. The Morgan fingerprint density at radius 3 is 2.28 bits per heavy atom. The van der Waals surface area contributed by atoms with Crippen molar-refractivity contribution in [2.45, 2.75) is 44.7 Å². The zero-order chi connectivity index (χ0) is 13.8. The third-order valence-electron chi connectivity index (χ3n) is 3.07. The minimum absolute atomic E-state index is 0.0571. The highest BCUT2D eigenvalue weighted by molar-refractivity contribution is 5.29. The SMILES string of the molecule is CC(C)c1cccc(C(CCCN)C(F)(F)F)c1. The van der Waals surface area contributed by atoms with Gasteiger partial charge in [0.25, 0.3) is 0 Å². The molecule has 1 atom stereocenters. The molecule has 0 aliphatic rings. The van der Waals surface area contributed by atoms with E-state index in [1.165, 1.54) is 0 Å². The van der Waals surface area contributed by atoms with Crippen molar-refractivity contribution in [3.8, 4) is 0 Å². The van der Waals surface area contributed by atoms with Crippen LogP contribution in [0.2, 0.25) is 0 Å². The first-order chi connectivity index (χ1) is 8.36. The van der Waals surface area contributed by atoms with Crippen molar-refractivity contribution in [2.75, 3.05) is 6.54 Å². The molecule has 0 amide bonds. The Morgan fingerprint density at radius 2 is 1.78 bits per heavy atom. The summed E-state index contributed by atoms with van der Waals surface area (Å²) < 4.78 is 39.1. The van der Waals surface area contributed by atoms with Crippen molar-refractivity contribution < 1.29 is 13.2 Å². The Bertz CT molecular complexity index is 372. The van der Waals surface area contributed by atoms with E-state index in [2.05, 4.69) is 0 Å². The second kappa shape index (κ2) is 6.23. The Morgan fingerprint density at radius 1 is 1.17 bits per heavy atom. The minimum atomic E-state index is -4.20. The molecule has 0 fully saturated rings. The number of rotatable bonds is 5. The van der Waals surface area contributed by atoms with Gasteiger partial charge in [0.15, 0.2) is 0 Å². The molecule has 0 bridgehead atoms. The predicted octanol–water partition coefficient (Wildman–Crippen LogP) is 4.19. The maximum Gasteiger partial charge on any atom is 0.395 e. The van der Waals surface area contributed by atoms with Crippen LogP contribution in [0.15, 0.2) is 24.3 Å². The molecule has 1 aromatic rings. The Hall–Kier alpha value is -1.03. The lowest BCUT2D eigenvalue weighted by Gasteiger charge is -2.21. The Labute approximate surface area is 106 Å². The van der Waals surface area contributed by atoms with Crippen LogP contribution < -0.4 is 5.73 Å². The van der Waals surface area contributed by atoms with Crippen LogP contribution >= 0.6 is 0 Å². The molecular weight excluding hydrogens is 239 g/mol. The fraction of sp³-hybridized carbons (Fsp3) is 0.571. The molecule has 1 rings (SSSR count). The van der Waals surface area contributed by atoms with Gasteiger partial charge in [0.1, 0.15) is 0 Å². The lowest BCUT2D eigenvalue weighted by Crippen LogP contribution is -2.22. The van der Waals surface area contributed by atoms with Gasteiger partial charge in [0, 0.05) is 0 Å².